The average molecular weight is 304 g/mol. The summed E-state index contributed by atoms with van der Waals surface area (Å²) in [4.78, 5) is 4.31. The molecule has 0 saturated carbocycles. The van der Waals surface area contributed by atoms with Gasteiger partial charge in [0.05, 0.1) is 5.69 Å². The van der Waals surface area contributed by atoms with E-state index in [9.17, 15) is 0 Å². The molecule has 1 aromatic heterocycles. The molecule has 1 heterocycles. The molecule has 0 spiro atoms. The Labute approximate surface area is 126 Å². The highest BCUT2D eigenvalue weighted by Gasteiger charge is 2.07. The fraction of sp³-hybridized carbons (Fsp3) is 0. The lowest BCUT2D eigenvalue weighted by atomic mass is 10.3. The number of hydrogen-bond acceptors (Lipinski definition) is 2. The molecule has 20 heavy (non-hydrogen) atoms. The summed E-state index contributed by atoms with van der Waals surface area (Å²) in [5.74, 6) is 0.703. The maximum Gasteiger partial charge on any atom is 0.212 e. The van der Waals surface area contributed by atoms with Crippen molar-refractivity contribution in [2.45, 2.75) is 0 Å². The minimum absolute atomic E-state index is 0.590. The molecule has 0 fully saturated rings. The van der Waals surface area contributed by atoms with Gasteiger partial charge in [-0.1, -0.05) is 41.4 Å². The molecule has 1 N–H and O–H groups in total. The number of hydrogen-bond donors (Lipinski definition) is 1. The summed E-state index contributed by atoms with van der Waals surface area (Å²) in [6.45, 7) is 0. The predicted octanol–water partition coefficient (Wildman–Crippen LogP) is 4.92. The Kier molecular flexibility index (Phi) is 3.63. The predicted molar refractivity (Wildman–Crippen MR) is 83.3 cm³/mol. The first-order valence-electron chi connectivity index (χ1n) is 6.04. The van der Waals surface area contributed by atoms with E-state index in [-0.39, 0.29) is 0 Å². The van der Waals surface area contributed by atoms with Crippen LogP contribution in [-0.2, 0) is 0 Å². The zero-order valence-electron chi connectivity index (χ0n) is 10.4. The van der Waals surface area contributed by atoms with Crippen LogP contribution in [0.4, 0.5) is 11.6 Å². The smallest absolute Gasteiger partial charge is 0.212 e. The van der Waals surface area contributed by atoms with Gasteiger partial charge in [0.15, 0.2) is 0 Å². The van der Waals surface area contributed by atoms with E-state index in [1.165, 1.54) is 0 Å². The number of rotatable bonds is 3. The van der Waals surface area contributed by atoms with Crippen LogP contribution in [0.3, 0.4) is 0 Å². The van der Waals surface area contributed by atoms with Gasteiger partial charge in [0, 0.05) is 28.1 Å². The number of nitrogens with zero attached hydrogens (tertiary/aromatic N) is 2. The van der Waals surface area contributed by atoms with Crippen molar-refractivity contribution in [2.24, 2.45) is 0 Å². The second kappa shape index (κ2) is 5.57. The van der Waals surface area contributed by atoms with Crippen LogP contribution in [0.2, 0.25) is 10.0 Å². The first-order chi connectivity index (χ1) is 9.72. The average Bonchev–Trinajstić information content (AvgIpc) is 2.87. The van der Waals surface area contributed by atoms with Crippen molar-refractivity contribution in [3.63, 3.8) is 0 Å². The third-order valence-electron chi connectivity index (χ3n) is 2.80. The summed E-state index contributed by atoms with van der Waals surface area (Å²) in [6.07, 6.45) is 3.58. The fourth-order valence-electron chi connectivity index (χ4n) is 1.93. The van der Waals surface area contributed by atoms with Gasteiger partial charge >= 0.3 is 0 Å². The minimum atomic E-state index is 0.590. The van der Waals surface area contributed by atoms with Crippen molar-refractivity contribution in [1.82, 2.24) is 9.55 Å². The first kappa shape index (κ1) is 13.0. The molecule has 0 unspecified atom stereocenters. The number of nitrogens with one attached hydrogen (secondary N) is 1. The van der Waals surface area contributed by atoms with Gasteiger partial charge in [0.1, 0.15) is 0 Å². The van der Waals surface area contributed by atoms with Crippen LogP contribution in [0, 0.1) is 0 Å². The Balaban J connectivity index is 1.98. The molecule has 0 aliphatic heterocycles. The Hall–Kier alpha value is -1.97. The molecule has 0 bridgehead atoms. The van der Waals surface area contributed by atoms with Crippen LogP contribution in [0.25, 0.3) is 5.69 Å². The molecule has 100 valence electrons. The van der Waals surface area contributed by atoms with Crippen LogP contribution in [0.5, 0.6) is 0 Å². The van der Waals surface area contributed by atoms with Crippen LogP contribution in [0.1, 0.15) is 0 Å². The number of halogens is 2. The summed E-state index contributed by atoms with van der Waals surface area (Å²) in [6, 6.07) is 15.2. The van der Waals surface area contributed by atoms with Gasteiger partial charge in [-0.05, 0) is 30.3 Å². The van der Waals surface area contributed by atoms with E-state index in [1.807, 2.05) is 53.2 Å². The van der Waals surface area contributed by atoms with Crippen molar-refractivity contribution >= 4 is 34.8 Å². The maximum absolute atomic E-state index is 6.04. The lowest BCUT2D eigenvalue weighted by Gasteiger charge is -2.10. The highest BCUT2D eigenvalue weighted by molar-refractivity contribution is 6.34. The van der Waals surface area contributed by atoms with E-state index >= 15 is 0 Å². The molecule has 0 atom stereocenters. The monoisotopic (exact) mass is 303 g/mol. The van der Waals surface area contributed by atoms with E-state index in [0.717, 1.165) is 11.4 Å². The second-order valence-electron chi connectivity index (χ2n) is 4.24. The number of para-hydroxylation sites is 1. The Morgan fingerprint density at radius 3 is 2.35 bits per heavy atom. The minimum Gasteiger partial charge on any atom is -0.325 e. The Morgan fingerprint density at radius 1 is 0.950 bits per heavy atom. The summed E-state index contributed by atoms with van der Waals surface area (Å²) < 4.78 is 1.89. The standard InChI is InChI=1S/C15H11Cl2N3/c16-11-8-12(17)10-14(9-11)20-7-6-18-15(20)19-13-4-2-1-3-5-13/h1-10H,(H,18,19). The van der Waals surface area contributed by atoms with Gasteiger partial charge < -0.3 is 5.32 Å². The maximum atomic E-state index is 6.04. The van der Waals surface area contributed by atoms with E-state index in [0.29, 0.717) is 16.0 Å². The molecule has 0 aliphatic rings. The molecule has 3 rings (SSSR count). The van der Waals surface area contributed by atoms with Crippen molar-refractivity contribution in [1.29, 1.82) is 0 Å². The summed E-state index contributed by atoms with van der Waals surface area (Å²) in [5, 5.41) is 4.43. The molecule has 0 saturated heterocycles. The second-order valence-corrected chi connectivity index (χ2v) is 5.11. The molecule has 0 amide bonds. The van der Waals surface area contributed by atoms with Gasteiger partial charge in [0.25, 0.3) is 0 Å². The first-order valence-corrected chi connectivity index (χ1v) is 6.80. The number of aromatic nitrogens is 2. The number of imidazole rings is 1. The van der Waals surface area contributed by atoms with Gasteiger partial charge in [0.2, 0.25) is 5.95 Å². The van der Waals surface area contributed by atoms with Gasteiger partial charge in [-0.2, -0.15) is 0 Å². The zero-order valence-corrected chi connectivity index (χ0v) is 11.9. The van der Waals surface area contributed by atoms with Crippen molar-refractivity contribution < 1.29 is 0 Å². The summed E-state index contributed by atoms with van der Waals surface area (Å²) in [7, 11) is 0. The lowest BCUT2D eigenvalue weighted by Crippen LogP contribution is -2.01. The fourth-order valence-corrected chi connectivity index (χ4v) is 2.45. The third-order valence-corrected chi connectivity index (χ3v) is 3.23. The molecule has 3 nitrogen and oxygen atoms in total. The Bertz CT molecular complexity index is 703. The number of benzene rings is 2. The van der Waals surface area contributed by atoms with Gasteiger partial charge in [-0.3, -0.25) is 4.57 Å². The third kappa shape index (κ3) is 2.79. The number of anilines is 2. The van der Waals surface area contributed by atoms with Crippen LogP contribution in [0.15, 0.2) is 60.9 Å². The zero-order chi connectivity index (χ0) is 13.9. The summed E-state index contributed by atoms with van der Waals surface area (Å²) in [5.41, 5.74) is 1.83. The van der Waals surface area contributed by atoms with E-state index in [4.69, 9.17) is 23.2 Å². The van der Waals surface area contributed by atoms with Crippen molar-refractivity contribution in [3.05, 3.63) is 71.0 Å². The van der Waals surface area contributed by atoms with Crippen LogP contribution >= 0.6 is 23.2 Å². The molecule has 0 radical (unpaired) electrons. The van der Waals surface area contributed by atoms with Gasteiger partial charge in [-0.15, -0.1) is 0 Å². The molecule has 2 aromatic carbocycles. The van der Waals surface area contributed by atoms with Crippen LogP contribution < -0.4 is 5.32 Å². The summed E-state index contributed by atoms with van der Waals surface area (Å²) >= 11 is 12.1. The van der Waals surface area contributed by atoms with Gasteiger partial charge in [-0.25, -0.2) is 4.98 Å². The quantitative estimate of drug-likeness (QED) is 0.744. The highest BCUT2D eigenvalue weighted by Crippen LogP contribution is 2.25. The van der Waals surface area contributed by atoms with Crippen molar-refractivity contribution in [2.75, 3.05) is 5.32 Å². The Morgan fingerprint density at radius 2 is 1.65 bits per heavy atom. The van der Waals surface area contributed by atoms with E-state index in [1.54, 1.807) is 12.3 Å². The molecule has 0 aliphatic carbocycles. The molecule has 3 aromatic rings. The van der Waals surface area contributed by atoms with Crippen molar-refractivity contribution in [3.8, 4) is 5.69 Å². The molecular weight excluding hydrogens is 293 g/mol. The normalized spacial score (nSPS) is 10.5. The topological polar surface area (TPSA) is 29.9 Å². The largest absolute Gasteiger partial charge is 0.325 e. The molecular formula is C15H11Cl2N3. The lowest BCUT2D eigenvalue weighted by molar-refractivity contribution is 1.06. The SMILES string of the molecule is Clc1cc(Cl)cc(-n2ccnc2Nc2ccccc2)c1. The molecule has 5 heteroatoms. The highest BCUT2D eigenvalue weighted by atomic mass is 35.5. The van der Waals surface area contributed by atoms with Crippen LogP contribution in [-0.4, -0.2) is 9.55 Å². The van der Waals surface area contributed by atoms with E-state index < -0.39 is 0 Å². The van der Waals surface area contributed by atoms with E-state index in [2.05, 4.69) is 10.3 Å².